The normalized spacial score (nSPS) is 11.7. The zero-order valence-corrected chi connectivity index (χ0v) is 10.6. The first-order valence-electron chi connectivity index (χ1n) is 4.78. The van der Waals surface area contributed by atoms with E-state index in [2.05, 4.69) is 10.3 Å². The number of nitrogens with zero attached hydrogens (tertiary/aromatic N) is 3. The summed E-state index contributed by atoms with van der Waals surface area (Å²) in [7, 11) is 0. The van der Waals surface area contributed by atoms with E-state index in [0.29, 0.717) is 5.69 Å². The van der Waals surface area contributed by atoms with Gasteiger partial charge in [0, 0.05) is 0 Å². The fourth-order valence-corrected chi connectivity index (χ4v) is 2.53. The van der Waals surface area contributed by atoms with Crippen LogP contribution in [0.4, 0.5) is 0 Å². The molecule has 0 radical (unpaired) electrons. The van der Waals surface area contributed by atoms with Crippen molar-refractivity contribution >= 4 is 18.5 Å². The number of rotatable bonds is 3. The number of benzene rings is 1. The summed E-state index contributed by atoms with van der Waals surface area (Å²) < 4.78 is 30.7. The summed E-state index contributed by atoms with van der Waals surface area (Å²) in [5, 5.41) is 7.57. The Morgan fingerprint density at radius 2 is 1.94 bits per heavy atom. The maximum absolute atomic E-state index is 11.1. The van der Waals surface area contributed by atoms with E-state index in [9.17, 15) is 3.74 Å². The molecule has 0 amide bonds. The molecule has 8 heteroatoms. The molecule has 1 aromatic heterocycles. The molecule has 4 N–H and O–H groups in total. The van der Waals surface area contributed by atoms with Crippen molar-refractivity contribution in [1.82, 2.24) is 15.0 Å². The van der Waals surface area contributed by atoms with Gasteiger partial charge in [-0.3, -0.25) is 0 Å². The van der Waals surface area contributed by atoms with Gasteiger partial charge < -0.3 is 0 Å². The van der Waals surface area contributed by atoms with Crippen LogP contribution in [0.25, 0.3) is 5.69 Å². The summed E-state index contributed by atoms with van der Waals surface area (Å²) in [5.74, 6) is 0. The topological polar surface area (TPSA) is 114 Å². The molecule has 0 unspecified atom stereocenters. The molecule has 2 aromatic rings. The molecule has 0 fully saturated rings. The third kappa shape index (κ3) is 2.47. The second-order valence-corrected chi connectivity index (χ2v) is 6.77. The van der Waals surface area contributed by atoms with E-state index < -0.39 is 14.2 Å². The van der Waals surface area contributed by atoms with Gasteiger partial charge in [-0.2, -0.15) is 0 Å². The molecule has 90 valence electrons. The van der Waals surface area contributed by atoms with E-state index in [-0.39, 0.29) is 10.9 Å². The van der Waals surface area contributed by atoms with Gasteiger partial charge in [0.05, 0.1) is 0 Å². The Balaban J connectivity index is 2.39. The summed E-state index contributed by atoms with van der Waals surface area (Å²) in [5.41, 5.74) is 6.89. The van der Waals surface area contributed by atoms with Crippen molar-refractivity contribution in [3.05, 3.63) is 36.2 Å². The Morgan fingerprint density at radius 1 is 1.29 bits per heavy atom. The first kappa shape index (κ1) is 12.1. The van der Waals surface area contributed by atoms with Crippen LogP contribution in [0.5, 0.6) is 0 Å². The minimum atomic E-state index is -4.81. The van der Waals surface area contributed by atoms with E-state index in [0.717, 1.165) is 5.69 Å². The summed E-state index contributed by atoms with van der Waals surface area (Å²) in [6.07, 6.45) is 1.54. The first-order valence-corrected chi connectivity index (χ1v) is 8.17. The molecule has 0 atom stereocenters. The van der Waals surface area contributed by atoms with Crippen molar-refractivity contribution in [2.45, 2.75) is 6.54 Å². The van der Waals surface area contributed by atoms with Crippen LogP contribution in [0.1, 0.15) is 5.69 Å². The summed E-state index contributed by atoms with van der Waals surface area (Å²) in [6, 6.07) is 5.92. The number of hydrogen-bond acceptors (Lipinski definition) is 4. The van der Waals surface area contributed by atoms with E-state index in [4.69, 9.17) is 13.9 Å². The van der Waals surface area contributed by atoms with Crippen LogP contribution in [0, 0.1) is 0 Å². The van der Waals surface area contributed by atoms with E-state index in [1.165, 1.54) is 16.8 Å². The molecule has 0 aliphatic heterocycles. The number of aromatic nitrogens is 3. The van der Waals surface area contributed by atoms with Gasteiger partial charge in [-0.15, -0.1) is 0 Å². The molecule has 0 saturated carbocycles. The number of nitrogens with two attached hydrogens (primary N) is 1. The van der Waals surface area contributed by atoms with Crippen molar-refractivity contribution in [2.75, 3.05) is 0 Å². The standard InChI is InChI=1S/C9H11AsN4O3/c11-5-9-6-12-13-14(9)8-3-1-7(2-4-8)10(15,16)17/h1-4,6H,5,11H2,(H2,15,16,17). The van der Waals surface area contributed by atoms with Crippen LogP contribution in [0.2, 0.25) is 0 Å². The van der Waals surface area contributed by atoms with Gasteiger partial charge >= 0.3 is 99.6 Å². The van der Waals surface area contributed by atoms with Crippen LogP contribution in [0.15, 0.2) is 30.5 Å². The molecule has 0 saturated heterocycles. The predicted molar refractivity (Wildman–Crippen MR) is 59.8 cm³/mol. The van der Waals surface area contributed by atoms with E-state index in [1.807, 2.05) is 0 Å². The Labute approximate surface area is 99.9 Å². The molecular weight excluding hydrogens is 287 g/mol. The Morgan fingerprint density at radius 3 is 2.47 bits per heavy atom. The van der Waals surface area contributed by atoms with Crippen molar-refractivity contribution in [1.29, 1.82) is 0 Å². The van der Waals surface area contributed by atoms with Gasteiger partial charge in [0.15, 0.2) is 0 Å². The molecule has 1 heterocycles. The van der Waals surface area contributed by atoms with Crippen LogP contribution in [-0.4, -0.2) is 37.4 Å². The van der Waals surface area contributed by atoms with Gasteiger partial charge in [-0.1, -0.05) is 0 Å². The average Bonchev–Trinajstić information content (AvgIpc) is 2.76. The quantitative estimate of drug-likeness (QED) is 0.581. The zero-order chi connectivity index (χ0) is 12.5. The van der Waals surface area contributed by atoms with Crippen LogP contribution >= 0.6 is 0 Å². The van der Waals surface area contributed by atoms with Gasteiger partial charge in [0.1, 0.15) is 0 Å². The van der Waals surface area contributed by atoms with Crippen LogP contribution in [-0.2, 0) is 10.3 Å². The molecule has 0 spiro atoms. The first-order chi connectivity index (χ1) is 8.02. The molecule has 2 rings (SSSR count). The second kappa shape index (κ2) is 4.46. The number of hydrogen-bond donors (Lipinski definition) is 3. The average molecular weight is 298 g/mol. The molecule has 0 bridgehead atoms. The van der Waals surface area contributed by atoms with Gasteiger partial charge in [-0.05, 0) is 0 Å². The minimum absolute atomic E-state index is 0.0290. The predicted octanol–water partition coefficient (Wildman–Crippen LogP) is -1.71. The molecule has 1 aromatic carbocycles. The summed E-state index contributed by atoms with van der Waals surface area (Å²) in [6.45, 7) is 0.289. The van der Waals surface area contributed by atoms with E-state index >= 15 is 0 Å². The van der Waals surface area contributed by atoms with Crippen molar-refractivity contribution in [3.63, 3.8) is 0 Å². The molecule has 17 heavy (non-hydrogen) atoms. The fourth-order valence-electron chi connectivity index (χ4n) is 1.40. The van der Waals surface area contributed by atoms with Crippen molar-refractivity contribution < 1.29 is 11.9 Å². The van der Waals surface area contributed by atoms with Gasteiger partial charge in [0.25, 0.3) is 0 Å². The molecule has 0 aliphatic rings. The monoisotopic (exact) mass is 298 g/mol. The fraction of sp³-hybridized carbons (Fsp3) is 0.111. The molecular formula is C9H11AsN4O3. The van der Waals surface area contributed by atoms with Crippen LogP contribution < -0.4 is 10.1 Å². The third-order valence-electron chi connectivity index (χ3n) is 2.26. The van der Waals surface area contributed by atoms with Crippen molar-refractivity contribution in [3.8, 4) is 5.69 Å². The van der Waals surface area contributed by atoms with Crippen LogP contribution in [0.3, 0.4) is 0 Å². The Hall–Kier alpha value is -1.40. The summed E-state index contributed by atoms with van der Waals surface area (Å²) in [4.78, 5) is 0. The molecule has 7 nitrogen and oxygen atoms in total. The zero-order valence-electron chi connectivity index (χ0n) is 8.76. The summed E-state index contributed by atoms with van der Waals surface area (Å²) >= 11 is -4.81. The maximum atomic E-state index is 11.1. The third-order valence-corrected chi connectivity index (χ3v) is 4.30. The van der Waals surface area contributed by atoms with Crippen molar-refractivity contribution in [2.24, 2.45) is 5.73 Å². The molecule has 0 aliphatic carbocycles. The second-order valence-electron chi connectivity index (χ2n) is 3.40. The van der Waals surface area contributed by atoms with E-state index in [1.54, 1.807) is 18.3 Å². The van der Waals surface area contributed by atoms with Gasteiger partial charge in [-0.25, -0.2) is 0 Å². The SMILES string of the molecule is NCc1cnnn1-c1ccc([As](=O)(O)O)cc1. The Kier molecular flexibility index (Phi) is 3.17. The van der Waals surface area contributed by atoms with Gasteiger partial charge in [0.2, 0.25) is 0 Å². The Bertz CT molecular complexity index is 560.